The van der Waals surface area contributed by atoms with Crippen LogP contribution in [0.1, 0.15) is 31.8 Å². The van der Waals surface area contributed by atoms with Crippen molar-refractivity contribution in [3.05, 3.63) is 64.7 Å². The van der Waals surface area contributed by atoms with Crippen LogP contribution < -0.4 is 0 Å². The summed E-state index contributed by atoms with van der Waals surface area (Å²) >= 11 is 0. The van der Waals surface area contributed by atoms with E-state index < -0.39 is 21.8 Å². The van der Waals surface area contributed by atoms with E-state index >= 15 is 0 Å². The Bertz CT molecular complexity index is 1070. The van der Waals surface area contributed by atoms with Crippen molar-refractivity contribution in [1.29, 1.82) is 0 Å². The minimum Gasteiger partial charge on any atom is -0.323 e. The van der Waals surface area contributed by atoms with E-state index in [0.717, 1.165) is 11.1 Å². The number of terminal acetylenes is 1. The topological polar surface area (TPSA) is 74.8 Å². The molecule has 3 rings (SSSR count). The van der Waals surface area contributed by atoms with Crippen molar-refractivity contribution < 1.29 is 18.0 Å². The lowest BCUT2D eigenvalue weighted by atomic mass is 10.1. The number of carbonyl (C=O) groups is 2. The van der Waals surface area contributed by atoms with E-state index in [0.29, 0.717) is 10.8 Å². The second-order valence-electron chi connectivity index (χ2n) is 6.34. The van der Waals surface area contributed by atoms with Crippen LogP contribution in [-0.2, 0) is 16.6 Å². The van der Waals surface area contributed by atoms with Gasteiger partial charge in [0.15, 0.2) is 0 Å². The summed E-state index contributed by atoms with van der Waals surface area (Å²) < 4.78 is 25.3. The van der Waals surface area contributed by atoms with Crippen molar-refractivity contribution in [3.63, 3.8) is 0 Å². The molecule has 2 amide bonds. The fraction of sp³-hybridized carbons (Fsp3) is 0.200. The zero-order valence-electron chi connectivity index (χ0n) is 15.0. The van der Waals surface area contributed by atoms with Crippen molar-refractivity contribution in [1.82, 2.24) is 9.21 Å². The summed E-state index contributed by atoms with van der Waals surface area (Å²) in [5, 5.41) is 0. The predicted octanol–water partition coefficient (Wildman–Crippen LogP) is 2.04. The van der Waals surface area contributed by atoms with E-state index in [1.807, 2.05) is 31.2 Å². The molecule has 0 aliphatic carbocycles. The third-order valence-corrected chi connectivity index (χ3v) is 6.23. The second kappa shape index (κ2) is 6.89. The second-order valence-corrected chi connectivity index (χ2v) is 8.28. The number of fused-ring (bicyclic) bond motifs is 1. The molecule has 0 saturated carbocycles. The van der Waals surface area contributed by atoms with E-state index in [4.69, 9.17) is 6.42 Å². The Balaban J connectivity index is 1.94. The normalized spacial score (nSPS) is 14.6. The minimum atomic E-state index is -3.92. The van der Waals surface area contributed by atoms with Crippen LogP contribution >= 0.6 is 0 Å². The Morgan fingerprint density at radius 3 is 2.48 bits per heavy atom. The number of amides is 2. The average Bonchev–Trinajstić information content (AvgIpc) is 2.83. The van der Waals surface area contributed by atoms with E-state index in [9.17, 15) is 18.0 Å². The first-order valence-corrected chi connectivity index (χ1v) is 9.65. The van der Waals surface area contributed by atoms with E-state index in [1.54, 1.807) is 0 Å². The van der Waals surface area contributed by atoms with Crippen LogP contribution in [-0.4, -0.2) is 43.0 Å². The molecule has 27 heavy (non-hydrogen) atoms. The van der Waals surface area contributed by atoms with Gasteiger partial charge in [0, 0.05) is 19.2 Å². The molecule has 0 spiro atoms. The number of nitrogens with zero attached hydrogens (tertiary/aromatic N) is 2. The van der Waals surface area contributed by atoms with Crippen molar-refractivity contribution in [2.45, 2.75) is 18.4 Å². The molecular weight excluding hydrogens is 364 g/mol. The highest BCUT2D eigenvalue weighted by atomic mass is 32.2. The van der Waals surface area contributed by atoms with Gasteiger partial charge in [0.1, 0.15) is 4.90 Å². The molecule has 0 aromatic heterocycles. The summed E-state index contributed by atoms with van der Waals surface area (Å²) in [6.45, 7) is 2.35. The maximum Gasteiger partial charge on any atom is 0.268 e. The Labute approximate surface area is 158 Å². The zero-order valence-corrected chi connectivity index (χ0v) is 15.8. The highest BCUT2D eigenvalue weighted by molar-refractivity contribution is 7.90. The maximum absolute atomic E-state index is 12.9. The lowest BCUT2D eigenvalue weighted by Crippen LogP contribution is -2.31. The SMILES string of the molecule is C#CCN(Cc1ccc(C)cc1)C(=O)c1ccc2c(c1)S(=O)(=O)N(C)C2=O. The van der Waals surface area contributed by atoms with Gasteiger partial charge in [-0.05, 0) is 30.7 Å². The first kappa shape index (κ1) is 18.7. The van der Waals surface area contributed by atoms with Crippen LogP contribution in [0.5, 0.6) is 0 Å². The molecule has 0 radical (unpaired) electrons. The molecule has 0 unspecified atom stereocenters. The molecule has 0 fully saturated rings. The smallest absolute Gasteiger partial charge is 0.268 e. The van der Waals surface area contributed by atoms with Crippen LogP contribution in [0.25, 0.3) is 0 Å². The van der Waals surface area contributed by atoms with E-state index in [2.05, 4.69) is 5.92 Å². The van der Waals surface area contributed by atoms with Crippen molar-refractivity contribution in [3.8, 4) is 12.3 Å². The minimum absolute atomic E-state index is 0.0658. The van der Waals surface area contributed by atoms with Crippen LogP contribution in [0, 0.1) is 19.3 Å². The molecule has 138 valence electrons. The van der Waals surface area contributed by atoms with Gasteiger partial charge in [0.25, 0.3) is 21.8 Å². The van der Waals surface area contributed by atoms with Gasteiger partial charge in [-0.3, -0.25) is 9.59 Å². The number of aryl methyl sites for hydroxylation is 1. The van der Waals surface area contributed by atoms with Gasteiger partial charge in [-0.2, -0.15) is 0 Å². The number of benzene rings is 2. The summed E-state index contributed by atoms with van der Waals surface area (Å²) in [5.74, 6) is 1.46. The third-order valence-electron chi connectivity index (χ3n) is 4.45. The molecular formula is C20H18N2O4S. The van der Waals surface area contributed by atoms with Gasteiger partial charge in [-0.25, -0.2) is 12.7 Å². The maximum atomic E-state index is 12.9. The highest BCUT2D eigenvalue weighted by Crippen LogP contribution is 2.30. The van der Waals surface area contributed by atoms with Crippen molar-refractivity contribution in [2.75, 3.05) is 13.6 Å². The Morgan fingerprint density at radius 1 is 1.19 bits per heavy atom. The van der Waals surface area contributed by atoms with Gasteiger partial charge in [-0.1, -0.05) is 35.7 Å². The van der Waals surface area contributed by atoms with E-state index in [1.165, 1.54) is 30.1 Å². The summed E-state index contributed by atoms with van der Waals surface area (Å²) in [5.41, 5.74) is 2.25. The molecule has 0 saturated heterocycles. The van der Waals surface area contributed by atoms with Crippen LogP contribution in [0.2, 0.25) is 0 Å². The van der Waals surface area contributed by atoms with Gasteiger partial charge in [0.2, 0.25) is 0 Å². The molecule has 1 aliphatic heterocycles. The first-order chi connectivity index (χ1) is 12.8. The Kier molecular flexibility index (Phi) is 4.77. The van der Waals surface area contributed by atoms with Crippen molar-refractivity contribution in [2.24, 2.45) is 0 Å². The molecule has 0 bridgehead atoms. The van der Waals surface area contributed by atoms with Gasteiger partial charge in [-0.15, -0.1) is 6.42 Å². The zero-order chi connectivity index (χ0) is 19.8. The molecule has 7 heteroatoms. The quantitative estimate of drug-likeness (QED) is 0.759. The molecule has 0 N–H and O–H groups in total. The van der Waals surface area contributed by atoms with E-state index in [-0.39, 0.29) is 22.6 Å². The predicted molar refractivity (Wildman–Crippen MR) is 100 cm³/mol. The molecule has 1 aliphatic rings. The summed E-state index contributed by atoms with van der Waals surface area (Å²) in [6, 6.07) is 11.8. The largest absolute Gasteiger partial charge is 0.323 e. The van der Waals surface area contributed by atoms with Crippen LogP contribution in [0.4, 0.5) is 0 Å². The number of hydrogen-bond acceptors (Lipinski definition) is 4. The van der Waals surface area contributed by atoms with Gasteiger partial charge >= 0.3 is 0 Å². The van der Waals surface area contributed by atoms with Crippen LogP contribution in [0.15, 0.2) is 47.4 Å². The lowest BCUT2D eigenvalue weighted by Gasteiger charge is -2.21. The fourth-order valence-electron chi connectivity index (χ4n) is 2.88. The molecule has 1 heterocycles. The summed E-state index contributed by atoms with van der Waals surface area (Å²) in [7, 11) is -2.72. The summed E-state index contributed by atoms with van der Waals surface area (Å²) in [4.78, 5) is 26.2. The van der Waals surface area contributed by atoms with Gasteiger partial charge < -0.3 is 4.90 Å². The number of sulfonamides is 1. The average molecular weight is 382 g/mol. The lowest BCUT2D eigenvalue weighted by molar-refractivity contribution is 0.0764. The molecule has 2 aromatic carbocycles. The Hall–Kier alpha value is -3.11. The standard InChI is InChI=1S/C20H18N2O4S/c1-4-11-22(13-15-7-5-14(2)6-8-15)19(23)16-9-10-17-18(12-16)27(25,26)21(3)20(17)24/h1,5-10,12H,11,13H2,2-3H3. The fourth-order valence-corrected chi connectivity index (χ4v) is 4.20. The molecule has 2 aromatic rings. The number of rotatable bonds is 4. The van der Waals surface area contributed by atoms with Gasteiger partial charge in [0.05, 0.1) is 12.1 Å². The Morgan fingerprint density at radius 2 is 1.85 bits per heavy atom. The number of carbonyl (C=O) groups excluding carboxylic acids is 2. The highest BCUT2D eigenvalue weighted by Gasteiger charge is 2.39. The number of hydrogen-bond donors (Lipinski definition) is 0. The summed E-state index contributed by atoms with van der Waals surface area (Å²) in [6.07, 6.45) is 5.40. The molecule has 0 atom stereocenters. The third kappa shape index (κ3) is 3.32. The first-order valence-electron chi connectivity index (χ1n) is 8.21. The van der Waals surface area contributed by atoms with Crippen LogP contribution in [0.3, 0.4) is 0 Å². The molecule has 6 nitrogen and oxygen atoms in total. The van der Waals surface area contributed by atoms with Crippen molar-refractivity contribution >= 4 is 21.8 Å². The monoisotopic (exact) mass is 382 g/mol.